The molecule has 0 saturated carbocycles. The predicted molar refractivity (Wildman–Crippen MR) is 119 cm³/mol. The monoisotopic (exact) mass is 506 g/mol. The van der Waals surface area contributed by atoms with Gasteiger partial charge in [0, 0.05) is 25.7 Å². The van der Waals surface area contributed by atoms with E-state index in [1.54, 1.807) is 6.92 Å². The van der Waals surface area contributed by atoms with Crippen molar-refractivity contribution in [1.29, 1.82) is 0 Å². The van der Waals surface area contributed by atoms with Crippen molar-refractivity contribution in [3.8, 4) is 0 Å². The molecule has 1 rings (SSSR count). The van der Waals surface area contributed by atoms with E-state index in [0.717, 1.165) is 12.8 Å². The van der Waals surface area contributed by atoms with Gasteiger partial charge in [-0.05, 0) is 37.1 Å². The summed E-state index contributed by atoms with van der Waals surface area (Å²) in [7, 11) is -3.36. The summed E-state index contributed by atoms with van der Waals surface area (Å²) in [6, 6.07) is 1.71. The highest BCUT2D eigenvalue weighted by molar-refractivity contribution is 7.66. The Morgan fingerprint density at radius 1 is 0.818 bits per heavy atom. The summed E-state index contributed by atoms with van der Waals surface area (Å²) in [6.45, 7) is 5.58. The summed E-state index contributed by atoms with van der Waals surface area (Å²) in [5.41, 5.74) is -5.17. The summed E-state index contributed by atoms with van der Waals surface area (Å²) >= 11 is 0. The molecule has 0 N–H and O–H groups in total. The van der Waals surface area contributed by atoms with E-state index >= 15 is 8.78 Å². The predicted octanol–water partition coefficient (Wildman–Crippen LogP) is 9.51. The zero-order chi connectivity index (χ0) is 25.3. The molecule has 2 atom stereocenters. The van der Waals surface area contributed by atoms with Crippen LogP contribution in [0.5, 0.6) is 0 Å². The molecule has 0 aromatic heterocycles. The fraction of sp³-hybridized carbons (Fsp3) is 0.750. The number of hydrogen-bond donors (Lipinski definition) is 0. The van der Waals surface area contributed by atoms with E-state index in [1.807, 2.05) is 13.8 Å². The Kier molecular flexibility index (Phi) is 12.1. The largest absolute Gasteiger partial charge is 0.376 e. The number of halogens is 8. The van der Waals surface area contributed by atoms with E-state index in [-0.39, 0.29) is 25.2 Å². The lowest BCUT2D eigenvalue weighted by Crippen LogP contribution is -2.54. The van der Waals surface area contributed by atoms with Gasteiger partial charge < -0.3 is 0 Å². The van der Waals surface area contributed by atoms with Gasteiger partial charge in [0.05, 0.1) is 0 Å². The Labute approximate surface area is 193 Å². The van der Waals surface area contributed by atoms with E-state index < -0.39 is 55.0 Å². The van der Waals surface area contributed by atoms with Gasteiger partial charge in [-0.15, -0.1) is 0 Å². The normalized spacial score (nSPS) is 15.0. The van der Waals surface area contributed by atoms with Gasteiger partial charge in [0.25, 0.3) is 0 Å². The fourth-order valence-corrected chi connectivity index (χ4v) is 6.32. The summed E-state index contributed by atoms with van der Waals surface area (Å²) in [5, 5.41) is -0.803. The molecule has 0 amide bonds. The van der Waals surface area contributed by atoms with Crippen LogP contribution in [0.3, 0.4) is 0 Å². The van der Waals surface area contributed by atoms with Gasteiger partial charge in [-0.25, -0.2) is 8.78 Å². The summed E-state index contributed by atoms with van der Waals surface area (Å²) in [5.74, 6) is -13.2. The highest BCUT2D eigenvalue weighted by atomic mass is 31.1. The van der Waals surface area contributed by atoms with Crippen LogP contribution >= 0.6 is 7.92 Å². The van der Waals surface area contributed by atoms with E-state index in [9.17, 15) is 26.3 Å². The number of alkyl halides is 6. The van der Waals surface area contributed by atoms with Crippen LogP contribution in [-0.2, 0) is 0 Å². The Morgan fingerprint density at radius 3 is 2.00 bits per heavy atom. The van der Waals surface area contributed by atoms with Gasteiger partial charge in [0.15, 0.2) is 0 Å². The van der Waals surface area contributed by atoms with Crippen molar-refractivity contribution in [1.82, 2.24) is 0 Å². The number of rotatable bonds is 16. The van der Waals surface area contributed by atoms with E-state index in [4.69, 9.17) is 0 Å². The summed E-state index contributed by atoms with van der Waals surface area (Å²) in [6.07, 6.45) is 2.21. The van der Waals surface area contributed by atoms with Crippen LogP contribution in [0.2, 0.25) is 0 Å². The average Bonchev–Trinajstić information content (AvgIpc) is 2.74. The minimum atomic E-state index is -5.66. The molecule has 0 spiro atoms. The lowest BCUT2D eigenvalue weighted by Gasteiger charge is -2.38. The third kappa shape index (κ3) is 7.80. The van der Waals surface area contributed by atoms with Gasteiger partial charge in [-0.2, -0.15) is 26.3 Å². The minimum Gasteiger partial charge on any atom is -0.207 e. The van der Waals surface area contributed by atoms with Crippen LogP contribution in [0.15, 0.2) is 18.2 Å². The van der Waals surface area contributed by atoms with Crippen LogP contribution in [0, 0.1) is 17.6 Å². The molecule has 0 bridgehead atoms. The Hall–Kier alpha value is -0.910. The van der Waals surface area contributed by atoms with Gasteiger partial charge in [0.1, 0.15) is 11.6 Å². The smallest absolute Gasteiger partial charge is 0.207 e. The van der Waals surface area contributed by atoms with E-state index in [0.29, 0.717) is 43.9 Å². The molecular formula is C24H35F8P. The zero-order valence-electron chi connectivity index (χ0n) is 19.6. The van der Waals surface area contributed by atoms with Crippen molar-refractivity contribution >= 4 is 13.2 Å². The molecule has 0 fully saturated rings. The summed E-state index contributed by atoms with van der Waals surface area (Å²) in [4.78, 5) is 0. The SMILES string of the molecule is CCCCCCC(F)(F)C(F)(F)C(F)(F)P(CCC(CC)CCCC)c1ccc(F)cc1F. The standard InChI is InChI=1S/C24H35F8P/c1-4-7-9-10-15-22(27,28)23(29,30)24(31,32)33(16-14-18(6-3)11-8-5-2)21-13-12-19(25)17-20(21)26/h12-13,17-18H,4-11,14-16H2,1-3H3. The fourth-order valence-electron chi connectivity index (χ4n) is 3.79. The molecule has 1 aromatic rings. The van der Waals surface area contributed by atoms with Crippen molar-refractivity contribution in [3.63, 3.8) is 0 Å². The highest BCUT2D eigenvalue weighted by Gasteiger charge is 2.73. The molecule has 0 saturated heterocycles. The molecule has 33 heavy (non-hydrogen) atoms. The maximum atomic E-state index is 15.2. The number of benzene rings is 1. The lowest BCUT2D eigenvalue weighted by atomic mass is 9.97. The van der Waals surface area contributed by atoms with Crippen LogP contribution in [0.25, 0.3) is 0 Å². The van der Waals surface area contributed by atoms with E-state index in [1.165, 1.54) is 0 Å². The maximum Gasteiger partial charge on any atom is 0.376 e. The average molecular weight is 507 g/mol. The molecule has 0 aliphatic heterocycles. The molecule has 9 heteroatoms. The molecule has 0 nitrogen and oxygen atoms in total. The molecule has 0 radical (unpaired) electrons. The van der Waals surface area contributed by atoms with Crippen LogP contribution < -0.4 is 5.30 Å². The molecule has 0 aliphatic rings. The molecule has 0 heterocycles. The Morgan fingerprint density at radius 2 is 1.45 bits per heavy atom. The van der Waals surface area contributed by atoms with Gasteiger partial charge in [-0.3, -0.25) is 0 Å². The first-order chi connectivity index (χ1) is 15.4. The maximum absolute atomic E-state index is 15.2. The number of hydrogen-bond acceptors (Lipinski definition) is 0. The second-order valence-corrected chi connectivity index (χ2v) is 10.9. The molecule has 192 valence electrons. The first-order valence-corrected chi connectivity index (χ1v) is 13.2. The van der Waals surface area contributed by atoms with Crippen molar-refractivity contribution in [2.24, 2.45) is 5.92 Å². The number of unbranched alkanes of at least 4 members (excludes halogenated alkanes) is 4. The van der Waals surface area contributed by atoms with Crippen molar-refractivity contribution in [3.05, 3.63) is 29.8 Å². The van der Waals surface area contributed by atoms with Gasteiger partial charge >= 0.3 is 17.5 Å². The molecular weight excluding hydrogens is 471 g/mol. The zero-order valence-corrected chi connectivity index (χ0v) is 20.5. The van der Waals surface area contributed by atoms with Crippen molar-refractivity contribution in [2.45, 2.75) is 102 Å². The highest BCUT2D eigenvalue weighted by Crippen LogP contribution is 2.63. The van der Waals surface area contributed by atoms with Crippen LogP contribution in [0.4, 0.5) is 35.1 Å². The van der Waals surface area contributed by atoms with Gasteiger partial charge in [-0.1, -0.05) is 65.7 Å². The van der Waals surface area contributed by atoms with E-state index in [2.05, 4.69) is 0 Å². The first kappa shape index (κ1) is 30.1. The van der Waals surface area contributed by atoms with Crippen LogP contribution in [-0.4, -0.2) is 23.7 Å². The topological polar surface area (TPSA) is 0 Å². The lowest BCUT2D eigenvalue weighted by molar-refractivity contribution is -0.280. The Bertz CT molecular complexity index is 708. The minimum absolute atomic E-state index is 0.0718. The van der Waals surface area contributed by atoms with Gasteiger partial charge in [0.2, 0.25) is 0 Å². The molecule has 2 unspecified atom stereocenters. The molecule has 1 aromatic carbocycles. The summed E-state index contributed by atoms with van der Waals surface area (Å²) < 4.78 is 117. The Balaban J connectivity index is 3.29. The first-order valence-electron chi connectivity index (χ1n) is 11.7. The second kappa shape index (κ2) is 13.3. The third-order valence-electron chi connectivity index (χ3n) is 6.03. The van der Waals surface area contributed by atoms with Crippen LogP contribution in [0.1, 0.15) is 85.0 Å². The quantitative estimate of drug-likeness (QED) is 0.119. The van der Waals surface area contributed by atoms with Crippen molar-refractivity contribution in [2.75, 3.05) is 6.16 Å². The van der Waals surface area contributed by atoms with Crippen molar-refractivity contribution < 1.29 is 35.1 Å². The second-order valence-electron chi connectivity index (χ2n) is 8.58. The third-order valence-corrected chi connectivity index (χ3v) is 8.63. The molecule has 0 aliphatic carbocycles.